The number of halogens is 3. The number of hydrogen-bond donors (Lipinski definition) is 1. The van der Waals surface area contributed by atoms with Crippen LogP contribution in [0.3, 0.4) is 0 Å². The molecule has 4 radical (unpaired) electrons. The molecule has 0 saturated carbocycles. The second-order valence-electron chi connectivity index (χ2n) is 2.09. The molecular formula is C5H11CuF3GeO4PS. The third-order valence-corrected chi connectivity index (χ3v) is 3.96. The number of hydrogen-bond acceptors (Lipinski definition) is 3. The summed E-state index contributed by atoms with van der Waals surface area (Å²) in [5.74, 6) is 0. The Morgan fingerprint density at radius 2 is 1.56 bits per heavy atom. The third kappa shape index (κ3) is 11.6. The molecular weight excluding hydrogens is 380 g/mol. The van der Waals surface area contributed by atoms with Crippen LogP contribution in [0.1, 0.15) is 13.8 Å². The smallest absolute Gasteiger partial charge is 0.279 e. The molecule has 0 aliphatic rings. The van der Waals surface area contributed by atoms with Crippen molar-refractivity contribution in [3.05, 3.63) is 0 Å². The van der Waals surface area contributed by atoms with Gasteiger partial charge in [0.15, 0.2) is 0 Å². The van der Waals surface area contributed by atoms with Gasteiger partial charge < -0.3 is 0 Å². The molecule has 0 aliphatic carbocycles. The molecule has 102 valence electrons. The molecule has 0 atom stereocenters. The van der Waals surface area contributed by atoms with Gasteiger partial charge in [0, 0.05) is 17.6 Å². The van der Waals surface area contributed by atoms with Gasteiger partial charge in [0.1, 0.15) is 0 Å². The van der Waals surface area contributed by atoms with Crippen molar-refractivity contribution in [3.8, 4) is 0 Å². The Morgan fingerprint density at radius 1 is 1.31 bits per heavy atom. The van der Waals surface area contributed by atoms with Gasteiger partial charge >= 0.3 is 69.9 Å². The van der Waals surface area contributed by atoms with Crippen LogP contribution in [0, 0.1) is 0 Å². The van der Waals surface area contributed by atoms with Crippen LogP contribution in [0.25, 0.3) is 0 Å². The van der Waals surface area contributed by atoms with Gasteiger partial charge in [-0.15, -0.1) is 0 Å². The molecule has 4 nitrogen and oxygen atoms in total. The Bertz CT molecular complexity index is 251. The van der Waals surface area contributed by atoms with E-state index in [4.69, 9.17) is 13.0 Å². The van der Waals surface area contributed by atoms with Gasteiger partial charge in [-0.1, -0.05) is 0 Å². The Hall–Kier alpha value is 1.15. The van der Waals surface area contributed by atoms with Crippen LogP contribution < -0.4 is 0 Å². The average molecular weight is 391 g/mol. The van der Waals surface area contributed by atoms with Crippen LogP contribution in [0.2, 0.25) is 0 Å². The van der Waals surface area contributed by atoms with Crippen LogP contribution in [-0.2, 0) is 30.1 Å². The topological polar surface area (TPSA) is 63.6 Å². The average Bonchev–Trinajstić information content (AvgIpc) is 2.05. The molecule has 0 aliphatic heterocycles. The van der Waals surface area contributed by atoms with Crippen LogP contribution in [0.15, 0.2) is 0 Å². The first-order chi connectivity index (χ1) is 6.60. The molecule has 0 aromatic heterocycles. The molecule has 0 aromatic rings. The maximum Gasteiger partial charge on any atom is 0.522 e. The zero-order valence-electron chi connectivity index (χ0n) is 8.38. The quantitative estimate of drug-likeness (QED) is 0.346. The Balaban J connectivity index is -0.000000200. The fraction of sp³-hybridized carbons (Fsp3) is 1.00. The summed E-state index contributed by atoms with van der Waals surface area (Å²) in [5, 5.41) is 0. The maximum atomic E-state index is 10.7. The summed E-state index contributed by atoms with van der Waals surface area (Å²) in [4.78, 5) is 0. The molecule has 0 unspecified atom stereocenters. The van der Waals surface area contributed by atoms with Gasteiger partial charge in [0.25, 0.3) is 0 Å². The molecule has 0 fully saturated rings. The van der Waals surface area contributed by atoms with Crippen molar-refractivity contribution in [1.29, 1.82) is 0 Å². The zero-order chi connectivity index (χ0) is 12.7. The minimum Gasteiger partial charge on any atom is -0.279 e. The Morgan fingerprint density at radius 3 is 1.56 bits per heavy atom. The van der Waals surface area contributed by atoms with E-state index in [-0.39, 0.29) is 25.7 Å². The largest absolute Gasteiger partial charge is 0.522 e. The van der Waals surface area contributed by atoms with Crippen molar-refractivity contribution in [1.82, 2.24) is 0 Å². The Kier molecular flexibility index (Phi) is 14.1. The standard InChI is InChI=1S/C4H10OP.CHF3O3S.Cu.Ge/c1-3-6(5)4-2;2-1(3,4)8(5,6)7;;/h3-4H2,1-2H3;(H,5,6,7);;/q-1;;+1;. The monoisotopic (exact) mass is 392 g/mol. The Labute approximate surface area is 113 Å². The van der Waals surface area contributed by atoms with Gasteiger partial charge in [0.05, 0.1) is 0 Å². The summed E-state index contributed by atoms with van der Waals surface area (Å²) in [7, 11) is -6.09. The van der Waals surface area contributed by atoms with Gasteiger partial charge in [-0.25, -0.2) is 0 Å². The molecule has 0 aromatic carbocycles. The molecule has 16 heavy (non-hydrogen) atoms. The van der Waals surface area contributed by atoms with Crippen molar-refractivity contribution >= 4 is 35.9 Å². The van der Waals surface area contributed by atoms with E-state index in [9.17, 15) is 13.2 Å². The fourth-order valence-electron chi connectivity index (χ4n) is 0.301. The van der Waals surface area contributed by atoms with E-state index in [1.54, 1.807) is 0 Å². The predicted molar refractivity (Wildman–Crippen MR) is 52.4 cm³/mol. The fourth-order valence-corrected chi connectivity index (χ4v) is 1.63. The number of alkyl halides is 3. The van der Waals surface area contributed by atoms with Gasteiger partial charge in [-0.2, -0.15) is 21.6 Å². The maximum absolute atomic E-state index is 10.7. The third-order valence-electron chi connectivity index (χ3n) is 1.08. The molecule has 11 heteroatoms. The number of rotatable bonds is 3. The van der Waals surface area contributed by atoms with Crippen molar-refractivity contribution in [3.63, 3.8) is 0 Å². The second kappa shape index (κ2) is 10.1. The van der Waals surface area contributed by atoms with Crippen molar-refractivity contribution < 1.29 is 46.1 Å². The first-order valence-electron chi connectivity index (χ1n) is 3.64. The summed E-state index contributed by atoms with van der Waals surface area (Å²) in [5.41, 5.74) is -5.53. The molecule has 0 heterocycles. The SMILES string of the molecule is CCP(CC)[O][Cu].O=S(=O)(O)C(F)(F)F.[Ge]. The molecule has 0 amide bonds. The summed E-state index contributed by atoms with van der Waals surface area (Å²) >= 11 is 4.53. The molecule has 1 N–H and O–H groups in total. The van der Waals surface area contributed by atoms with E-state index in [0.717, 1.165) is 12.3 Å². The first kappa shape index (κ1) is 22.3. The van der Waals surface area contributed by atoms with E-state index >= 15 is 0 Å². The summed E-state index contributed by atoms with van der Waals surface area (Å²) in [6.45, 7) is 4.19. The van der Waals surface area contributed by atoms with Gasteiger partial charge in [0.2, 0.25) is 0 Å². The normalized spacial score (nSPS) is 11.6. The minimum absolute atomic E-state index is 0. The summed E-state index contributed by atoms with van der Waals surface area (Å²) < 4.78 is 62.2. The van der Waals surface area contributed by atoms with E-state index < -0.39 is 15.6 Å². The molecule has 0 spiro atoms. The van der Waals surface area contributed by atoms with E-state index in [2.05, 4.69) is 33.8 Å². The van der Waals surface area contributed by atoms with Crippen LogP contribution in [0.4, 0.5) is 13.2 Å². The summed E-state index contributed by atoms with van der Waals surface area (Å²) in [6, 6.07) is 0. The van der Waals surface area contributed by atoms with Crippen molar-refractivity contribution in [2.45, 2.75) is 19.4 Å². The van der Waals surface area contributed by atoms with E-state index in [1.807, 2.05) is 0 Å². The molecule has 0 saturated heterocycles. The van der Waals surface area contributed by atoms with Crippen LogP contribution in [0.5, 0.6) is 0 Å². The van der Waals surface area contributed by atoms with Crippen LogP contribution >= 0.6 is 8.15 Å². The molecule has 0 rings (SSSR count). The van der Waals surface area contributed by atoms with Gasteiger partial charge in [-0.3, -0.25) is 4.55 Å². The molecule has 0 bridgehead atoms. The second-order valence-corrected chi connectivity index (χ2v) is 6.36. The van der Waals surface area contributed by atoms with Crippen LogP contribution in [-0.4, -0.2) is 48.4 Å². The predicted octanol–water partition coefficient (Wildman–Crippen LogP) is 1.91. The van der Waals surface area contributed by atoms with Crippen molar-refractivity contribution in [2.24, 2.45) is 0 Å². The van der Waals surface area contributed by atoms with Gasteiger partial charge in [-0.05, 0) is 0 Å². The zero-order valence-corrected chi connectivity index (χ0v) is 13.1. The van der Waals surface area contributed by atoms with Crippen molar-refractivity contribution in [2.75, 3.05) is 12.3 Å². The summed E-state index contributed by atoms with van der Waals surface area (Å²) in [6.07, 6.45) is 2.17. The van der Waals surface area contributed by atoms with E-state index in [1.165, 1.54) is 0 Å². The minimum atomic E-state index is -5.84. The van der Waals surface area contributed by atoms with E-state index in [0.29, 0.717) is 0 Å². The first-order valence-corrected chi connectivity index (χ1v) is 7.09.